The number of nitriles is 1. The van der Waals surface area contributed by atoms with Gasteiger partial charge in [-0.25, -0.2) is 0 Å². The molecule has 1 aromatic carbocycles. The van der Waals surface area contributed by atoms with Crippen molar-refractivity contribution in [2.24, 2.45) is 0 Å². The molecule has 0 bridgehead atoms. The van der Waals surface area contributed by atoms with E-state index in [1.54, 1.807) is 7.11 Å². The SMILES string of the molecule is COc1ccc(-n2c(C)cc(C#N)c2C)cc1. The average molecular weight is 226 g/mol. The number of benzene rings is 1. The molecular weight excluding hydrogens is 212 g/mol. The zero-order valence-corrected chi connectivity index (χ0v) is 10.2. The second-order valence-electron chi connectivity index (χ2n) is 3.93. The smallest absolute Gasteiger partial charge is 0.119 e. The average Bonchev–Trinajstić information content (AvgIpc) is 2.64. The number of aromatic nitrogens is 1. The van der Waals surface area contributed by atoms with Crippen LogP contribution in [0.1, 0.15) is 17.0 Å². The normalized spacial score (nSPS) is 10.0. The highest BCUT2D eigenvalue weighted by molar-refractivity contribution is 5.46. The van der Waals surface area contributed by atoms with Crippen molar-refractivity contribution in [3.8, 4) is 17.5 Å². The van der Waals surface area contributed by atoms with Gasteiger partial charge in [-0.2, -0.15) is 5.26 Å². The largest absolute Gasteiger partial charge is 0.497 e. The zero-order valence-electron chi connectivity index (χ0n) is 10.2. The van der Waals surface area contributed by atoms with Gasteiger partial charge in [0.25, 0.3) is 0 Å². The molecule has 17 heavy (non-hydrogen) atoms. The third kappa shape index (κ3) is 1.90. The minimum Gasteiger partial charge on any atom is -0.497 e. The molecule has 1 heterocycles. The highest BCUT2D eigenvalue weighted by Crippen LogP contribution is 2.22. The van der Waals surface area contributed by atoms with Crippen LogP contribution in [0.5, 0.6) is 5.75 Å². The fraction of sp³-hybridized carbons (Fsp3) is 0.214. The number of nitrogens with zero attached hydrogens (tertiary/aromatic N) is 2. The van der Waals surface area contributed by atoms with Gasteiger partial charge in [0.05, 0.1) is 12.7 Å². The van der Waals surface area contributed by atoms with E-state index in [-0.39, 0.29) is 0 Å². The first-order valence-electron chi connectivity index (χ1n) is 5.41. The van der Waals surface area contributed by atoms with Crippen LogP contribution in [0.25, 0.3) is 5.69 Å². The number of rotatable bonds is 2. The fourth-order valence-corrected chi connectivity index (χ4v) is 2.00. The highest BCUT2D eigenvalue weighted by atomic mass is 16.5. The lowest BCUT2D eigenvalue weighted by atomic mass is 10.2. The van der Waals surface area contributed by atoms with Crippen LogP contribution in [0.2, 0.25) is 0 Å². The molecule has 0 aliphatic rings. The molecule has 3 heteroatoms. The first-order chi connectivity index (χ1) is 8.17. The molecule has 0 amide bonds. The minimum absolute atomic E-state index is 0.721. The predicted octanol–water partition coefficient (Wildman–Crippen LogP) is 2.97. The highest BCUT2D eigenvalue weighted by Gasteiger charge is 2.09. The van der Waals surface area contributed by atoms with Crippen molar-refractivity contribution in [2.75, 3.05) is 7.11 Å². The van der Waals surface area contributed by atoms with E-state index < -0.39 is 0 Å². The molecule has 0 aliphatic heterocycles. The second kappa shape index (κ2) is 4.34. The third-order valence-corrected chi connectivity index (χ3v) is 2.88. The Hall–Kier alpha value is -2.21. The molecular formula is C14H14N2O. The lowest BCUT2D eigenvalue weighted by molar-refractivity contribution is 0.414. The lowest BCUT2D eigenvalue weighted by Gasteiger charge is -2.09. The Morgan fingerprint density at radius 3 is 2.29 bits per heavy atom. The molecule has 2 aromatic rings. The van der Waals surface area contributed by atoms with Gasteiger partial charge in [-0.15, -0.1) is 0 Å². The summed E-state index contributed by atoms with van der Waals surface area (Å²) in [6.07, 6.45) is 0. The van der Waals surface area contributed by atoms with Crippen molar-refractivity contribution < 1.29 is 4.74 Å². The summed E-state index contributed by atoms with van der Waals surface area (Å²) in [7, 11) is 1.65. The van der Waals surface area contributed by atoms with E-state index in [9.17, 15) is 0 Å². The van der Waals surface area contributed by atoms with Crippen molar-refractivity contribution >= 4 is 0 Å². The molecule has 0 fully saturated rings. The maximum Gasteiger partial charge on any atom is 0.119 e. The van der Waals surface area contributed by atoms with Gasteiger partial charge in [-0.05, 0) is 44.2 Å². The molecule has 0 spiro atoms. The predicted molar refractivity (Wildman–Crippen MR) is 66.5 cm³/mol. The quantitative estimate of drug-likeness (QED) is 0.789. The third-order valence-electron chi connectivity index (χ3n) is 2.88. The standard InChI is InChI=1S/C14H14N2O/c1-10-8-12(9-15)11(2)16(10)13-4-6-14(17-3)7-5-13/h4-8H,1-3H3. The first-order valence-corrected chi connectivity index (χ1v) is 5.41. The molecule has 3 nitrogen and oxygen atoms in total. The van der Waals surface area contributed by atoms with E-state index in [4.69, 9.17) is 10.00 Å². The molecule has 0 N–H and O–H groups in total. The second-order valence-corrected chi connectivity index (χ2v) is 3.93. The zero-order chi connectivity index (χ0) is 12.4. The molecule has 86 valence electrons. The summed E-state index contributed by atoms with van der Waals surface area (Å²) < 4.78 is 7.20. The fourth-order valence-electron chi connectivity index (χ4n) is 2.00. The summed E-state index contributed by atoms with van der Waals surface area (Å²) >= 11 is 0. The van der Waals surface area contributed by atoms with Crippen LogP contribution in [0.4, 0.5) is 0 Å². The summed E-state index contributed by atoms with van der Waals surface area (Å²) in [4.78, 5) is 0. The molecule has 0 aliphatic carbocycles. The molecule has 0 saturated heterocycles. The molecule has 2 rings (SSSR count). The summed E-state index contributed by atoms with van der Waals surface area (Å²) in [6.45, 7) is 3.95. The summed E-state index contributed by atoms with van der Waals surface area (Å²) in [6, 6.07) is 11.9. The number of hydrogen-bond donors (Lipinski definition) is 0. The Morgan fingerprint density at radius 2 is 1.82 bits per heavy atom. The van der Waals surface area contributed by atoms with Crippen LogP contribution in [0, 0.1) is 25.2 Å². The summed E-state index contributed by atoms with van der Waals surface area (Å²) in [5.74, 6) is 0.830. The van der Waals surface area contributed by atoms with Crippen molar-refractivity contribution in [3.05, 3.63) is 47.3 Å². The van der Waals surface area contributed by atoms with Gasteiger partial charge in [0.15, 0.2) is 0 Å². The van der Waals surface area contributed by atoms with Gasteiger partial charge in [-0.1, -0.05) is 0 Å². The van der Waals surface area contributed by atoms with Crippen molar-refractivity contribution in [1.82, 2.24) is 4.57 Å². The van der Waals surface area contributed by atoms with Crippen molar-refractivity contribution in [3.63, 3.8) is 0 Å². The van der Waals surface area contributed by atoms with Crippen LogP contribution >= 0.6 is 0 Å². The van der Waals surface area contributed by atoms with Gasteiger partial charge in [0.2, 0.25) is 0 Å². The van der Waals surface area contributed by atoms with E-state index in [0.717, 1.165) is 28.4 Å². The molecule has 0 atom stereocenters. The topological polar surface area (TPSA) is 38.0 Å². The molecule has 0 radical (unpaired) electrons. The van der Waals surface area contributed by atoms with E-state index in [1.807, 2.05) is 44.2 Å². The maximum atomic E-state index is 9.00. The van der Waals surface area contributed by atoms with Crippen molar-refractivity contribution in [1.29, 1.82) is 5.26 Å². The number of methoxy groups -OCH3 is 1. The Labute approximate surface area is 101 Å². The van der Waals surface area contributed by atoms with Crippen LogP contribution in [0.3, 0.4) is 0 Å². The maximum absolute atomic E-state index is 9.00. The molecule has 0 saturated carbocycles. The van der Waals surface area contributed by atoms with Gasteiger partial charge in [0, 0.05) is 17.1 Å². The van der Waals surface area contributed by atoms with Crippen LogP contribution < -0.4 is 4.74 Å². The van der Waals surface area contributed by atoms with Gasteiger partial charge in [0.1, 0.15) is 11.8 Å². The first kappa shape index (κ1) is 11.3. The van der Waals surface area contributed by atoms with Crippen LogP contribution in [0.15, 0.2) is 30.3 Å². The van der Waals surface area contributed by atoms with E-state index in [2.05, 4.69) is 10.6 Å². The van der Waals surface area contributed by atoms with Gasteiger partial charge >= 0.3 is 0 Å². The van der Waals surface area contributed by atoms with Crippen molar-refractivity contribution in [2.45, 2.75) is 13.8 Å². The molecule has 1 aromatic heterocycles. The lowest BCUT2D eigenvalue weighted by Crippen LogP contribution is -1.99. The number of hydrogen-bond acceptors (Lipinski definition) is 2. The van der Waals surface area contributed by atoms with E-state index in [0.29, 0.717) is 0 Å². The van der Waals surface area contributed by atoms with Crippen LogP contribution in [-0.2, 0) is 0 Å². The van der Waals surface area contributed by atoms with E-state index in [1.165, 1.54) is 0 Å². The summed E-state index contributed by atoms with van der Waals surface area (Å²) in [5.41, 5.74) is 3.79. The Balaban J connectivity index is 2.53. The van der Waals surface area contributed by atoms with Gasteiger partial charge < -0.3 is 9.30 Å². The van der Waals surface area contributed by atoms with Crippen LogP contribution in [-0.4, -0.2) is 11.7 Å². The number of aryl methyl sites for hydroxylation is 1. The summed E-state index contributed by atoms with van der Waals surface area (Å²) in [5, 5.41) is 9.00. The van der Waals surface area contributed by atoms with Gasteiger partial charge in [-0.3, -0.25) is 0 Å². The number of ether oxygens (including phenoxy) is 1. The van der Waals surface area contributed by atoms with E-state index >= 15 is 0 Å². The monoisotopic (exact) mass is 226 g/mol. The Kier molecular flexibility index (Phi) is 2.88. The Morgan fingerprint density at radius 1 is 1.18 bits per heavy atom. The minimum atomic E-state index is 0.721. The molecule has 0 unspecified atom stereocenters. The Bertz CT molecular complexity index is 574.